The zero-order valence-electron chi connectivity index (χ0n) is 19.1. The van der Waals surface area contributed by atoms with Gasteiger partial charge in [-0.25, -0.2) is 23.7 Å². The number of anilines is 1. The first-order valence-electron chi connectivity index (χ1n) is 11.7. The Morgan fingerprint density at radius 3 is 2.67 bits per heavy atom. The minimum absolute atomic E-state index is 0.195. The summed E-state index contributed by atoms with van der Waals surface area (Å²) in [5.74, 6) is -1.61. The number of nitrogen functional groups attached to an aromatic ring is 1. The number of halogens is 3. The standard InChI is InChI=1S/C23H23BrF2N6O3S/c24-14-7-15-16(35-11-34-15)8-17(14)36-22-29-18-19(27)28-10-32(20(18)30-22)6-3-12-1-4-31(5-2-12)21(33)13-9-23(13,25)26/h7-8,10,12-13H,1-6,9,11,27H2. The first kappa shape index (κ1) is 23.7. The minimum atomic E-state index is -2.81. The lowest BCUT2D eigenvalue weighted by atomic mass is 9.93. The molecule has 9 nitrogen and oxygen atoms in total. The maximum Gasteiger partial charge on any atom is 0.260 e. The van der Waals surface area contributed by atoms with E-state index in [2.05, 4.69) is 25.9 Å². The lowest BCUT2D eigenvalue weighted by Crippen LogP contribution is -2.40. The van der Waals surface area contributed by atoms with E-state index in [0.717, 1.165) is 28.6 Å². The SMILES string of the molecule is Nc1ncn(CCC2CCN(C(=O)C3CC3(F)F)CC2)c2nc(Sc3cc4c(cc3Br)OCO4)nc1-2. The average Bonchev–Trinajstić information content (AvgIpc) is 3.18. The summed E-state index contributed by atoms with van der Waals surface area (Å²) < 4.78 is 40.2. The van der Waals surface area contributed by atoms with Crippen LogP contribution in [0.15, 0.2) is 33.0 Å². The number of nitrogens with zero attached hydrogens (tertiary/aromatic N) is 5. The number of hydrogen-bond donors (Lipinski definition) is 1. The summed E-state index contributed by atoms with van der Waals surface area (Å²) in [6, 6.07) is 3.74. The molecule has 2 N–H and O–H groups in total. The highest BCUT2D eigenvalue weighted by molar-refractivity contribution is 9.10. The van der Waals surface area contributed by atoms with Crippen molar-refractivity contribution in [1.29, 1.82) is 0 Å². The molecule has 1 atom stereocenters. The molecule has 1 aliphatic carbocycles. The molecule has 1 saturated carbocycles. The zero-order chi connectivity index (χ0) is 25.0. The van der Waals surface area contributed by atoms with Crippen LogP contribution in [0.2, 0.25) is 0 Å². The molecule has 1 unspecified atom stereocenters. The van der Waals surface area contributed by atoms with Crippen LogP contribution in [0.25, 0.3) is 11.5 Å². The predicted octanol–water partition coefficient (Wildman–Crippen LogP) is 4.29. The van der Waals surface area contributed by atoms with Gasteiger partial charge < -0.3 is 24.7 Å². The number of aryl methyl sites for hydroxylation is 1. The Bertz CT molecular complexity index is 1300. The molecule has 1 aromatic carbocycles. The molecule has 1 aromatic rings. The van der Waals surface area contributed by atoms with Crippen molar-refractivity contribution in [3.05, 3.63) is 22.9 Å². The molecule has 4 heterocycles. The number of nitrogens with two attached hydrogens (primary N) is 1. The predicted molar refractivity (Wildman–Crippen MR) is 130 cm³/mol. The Kier molecular flexibility index (Phi) is 5.94. The van der Waals surface area contributed by atoms with Gasteiger partial charge in [-0.05, 0) is 65.0 Å². The molecule has 6 rings (SSSR count). The van der Waals surface area contributed by atoms with Gasteiger partial charge >= 0.3 is 0 Å². The molecule has 190 valence electrons. The molecular formula is C23H23BrF2N6O3S. The lowest BCUT2D eigenvalue weighted by molar-refractivity contribution is -0.136. The van der Waals surface area contributed by atoms with Crippen molar-refractivity contribution >= 4 is 39.4 Å². The van der Waals surface area contributed by atoms with Crippen molar-refractivity contribution in [2.45, 2.75) is 48.2 Å². The van der Waals surface area contributed by atoms with Crippen molar-refractivity contribution in [1.82, 2.24) is 24.4 Å². The molecule has 0 spiro atoms. The van der Waals surface area contributed by atoms with Gasteiger partial charge in [0.15, 0.2) is 34.0 Å². The topological polar surface area (TPSA) is 108 Å². The summed E-state index contributed by atoms with van der Waals surface area (Å²) in [6.07, 6.45) is 3.81. The van der Waals surface area contributed by atoms with Crippen LogP contribution in [-0.4, -0.2) is 56.1 Å². The van der Waals surface area contributed by atoms with Gasteiger partial charge in [0.2, 0.25) is 12.7 Å². The number of fused-ring (bicyclic) bond motifs is 2. The number of rotatable bonds is 6. The first-order valence-corrected chi connectivity index (χ1v) is 13.3. The number of carbonyl (C=O) groups excluding carboxylic acids is 1. The van der Waals surface area contributed by atoms with Gasteiger partial charge in [0.1, 0.15) is 5.92 Å². The first-order chi connectivity index (χ1) is 17.3. The number of carbonyl (C=O) groups is 1. The quantitative estimate of drug-likeness (QED) is 0.460. The summed E-state index contributed by atoms with van der Waals surface area (Å²) in [6.45, 7) is 1.91. The molecule has 13 heteroatoms. The van der Waals surface area contributed by atoms with E-state index in [4.69, 9.17) is 20.2 Å². The van der Waals surface area contributed by atoms with E-state index in [-0.39, 0.29) is 13.2 Å². The van der Waals surface area contributed by atoms with Crippen LogP contribution in [0.5, 0.6) is 11.5 Å². The number of aromatic nitrogens is 4. The number of piperidine rings is 1. The van der Waals surface area contributed by atoms with Crippen molar-refractivity contribution in [2.75, 3.05) is 25.6 Å². The van der Waals surface area contributed by atoms with Gasteiger partial charge in [0.05, 0.1) is 6.33 Å². The summed E-state index contributed by atoms with van der Waals surface area (Å²) in [7, 11) is 0. The van der Waals surface area contributed by atoms with Crippen LogP contribution < -0.4 is 15.2 Å². The summed E-state index contributed by atoms with van der Waals surface area (Å²) in [4.78, 5) is 28.3. The number of amides is 1. The number of ether oxygens (including phenoxy) is 2. The van der Waals surface area contributed by atoms with E-state index in [0.29, 0.717) is 59.5 Å². The molecule has 4 aliphatic heterocycles. The number of benzene rings is 1. The van der Waals surface area contributed by atoms with Gasteiger partial charge in [-0.2, -0.15) is 0 Å². The second-order valence-electron chi connectivity index (χ2n) is 9.31. The molecule has 5 aliphatic rings. The number of hydrogen-bond acceptors (Lipinski definition) is 8. The highest BCUT2D eigenvalue weighted by Crippen LogP contribution is 2.50. The molecule has 1 saturated heterocycles. The monoisotopic (exact) mass is 580 g/mol. The van der Waals surface area contributed by atoms with E-state index < -0.39 is 17.7 Å². The number of alkyl halides is 2. The van der Waals surface area contributed by atoms with Gasteiger partial charge in [-0.15, -0.1) is 0 Å². The molecule has 36 heavy (non-hydrogen) atoms. The van der Waals surface area contributed by atoms with Gasteiger partial charge in [0.25, 0.3) is 5.92 Å². The van der Waals surface area contributed by atoms with Crippen LogP contribution in [0, 0.1) is 11.8 Å². The Balaban J connectivity index is 1.11. The van der Waals surface area contributed by atoms with Crippen LogP contribution >= 0.6 is 27.7 Å². The van der Waals surface area contributed by atoms with E-state index in [1.54, 1.807) is 11.2 Å². The smallest absolute Gasteiger partial charge is 0.260 e. The Hall–Kier alpha value is -2.67. The van der Waals surface area contributed by atoms with Gasteiger partial charge in [-0.1, -0.05) is 0 Å². The van der Waals surface area contributed by atoms with E-state index in [9.17, 15) is 13.6 Å². The fourth-order valence-electron chi connectivity index (χ4n) is 4.68. The third-order valence-corrected chi connectivity index (χ3v) is 8.77. The van der Waals surface area contributed by atoms with Gasteiger partial charge in [0, 0.05) is 35.4 Å². The van der Waals surface area contributed by atoms with Crippen molar-refractivity contribution in [3.63, 3.8) is 0 Å². The maximum atomic E-state index is 13.2. The summed E-state index contributed by atoms with van der Waals surface area (Å²) in [5.41, 5.74) is 6.64. The van der Waals surface area contributed by atoms with Crippen LogP contribution in [0.3, 0.4) is 0 Å². The normalized spacial score (nSPS) is 20.8. The van der Waals surface area contributed by atoms with E-state index in [1.807, 2.05) is 16.7 Å². The Labute approximate surface area is 218 Å². The largest absolute Gasteiger partial charge is 0.454 e. The Morgan fingerprint density at radius 1 is 1.22 bits per heavy atom. The minimum Gasteiger partial charge on any atom is -0.454 e. The van der Waals surface area contributed by atoms with E-state index >= 15 is 0 Å². The Morgan fingerprint density at radius 2 is 1.94 bits per heavy atom. The van der Waals surface area contributed by atoms with Crippen molar-refractivity contribution in [3.8, 4) is 23.0 Å². The third-order valence-electron chi connectivity index (χ3n) is 6.93. The van der Waals surface area contributed by atoms with Crippen LogP contribution in [-0.2, 0) is 11.3 Å². The molecule has 0 bridgehead atoms. The van der Waals surface area contributed by atoms with E-state index in [1.165, 1.54) is 11.8 Å². The second kappa shape index (κ2) is 9.02. The molecular weight excluding hydrogens is 558 g/mol. The molecule has 2 fully saturated rings. The maximum absolute atomic E-state index is 13.2. The summed E-state index contributed by atoms with van der Waals surface area (Å²) in [5, 5.41) is 0.543. The fourth-order valence-corrected chi connectivity index (χ4v) is 6.04. The van der Waals surface area contributed by atoms with Gasteiger partial charge in [-0.3, -0.25) is 4.79 Å². The second-order valence-corrected chi connectivity index (χ2v) is 11.2. The van der Waals surface area contributed by atoms with Crippen LogP contribution in [0.4, 0.5) is 14.6 Å². The van der Waals surface area contributed by atoms with Crippen molar-refractivity contribution in [2.24, 2.45) is 11.8 Å². The number of imidazole rings is 1. The molecule has 1 amide bonds. The lowest BCUT2D eigenvalue weighted by Gasteiger charge is -2.32. The van der Waals surface area contributed by atoms with Crippen molar-refractivity contribution < 1.29 is 23.0 Å². The molecule has 0 radical (unpaired) electrons. The number of likely N-dealkylation sites (tertiary alicyclic amines) is 1. The summed E-state index contributed by atoms with van der Waals surface area (Å²) >= 11 is 4.95. The third kappa shape index (κ3) is 4.47. The molecule has 0 aromatic heterocycles. The van der Waals surface area contributed by atoms with Crippen LogP contribution in [0.1, 0.15) is 25.7 Å². The highest BCUT2D eigenvalue weighted by atomic mass is 79.9. The highest BCUT2D eigenvalue weighted by Gasteiger charge is 2.62. The average molecular weight is 581 g/mol. The fraction of sp³-hybridized carbons (Fsp3) is 0.478. The zero-order valence-corrected chi connectivity index (χ0v) is 21.5.